The van der Waals surface area contributed by atoms with Crippen molar-refractivity contribution in [2.24, 2.45) is 0 Å². The van der Waals surface area contributed by atoms with E-state index >= 15 is 0 Å². The summed E-state index contributed by atoms with van der Waals surface area (Å²) in [6, 6.07) is 11.9. The van der Waals surface area contributed by atoms with Crippen molar-refractivity contribution in [3.63, 3.8) is 0 Å². The van der Waals surface area contributed by atoms with Crippen molar-refractivity contribution >= 4 is 35.1 Å². The molecule has 28 heavy (non-hydrogen) atoms. The van der Waals surface area contributed by atoms with E-state index < -0.39 is 30.3 Å². The van der Waals surface area contributed by atoms with Crippen molar-refractivity contribution in [1.82, 2.24) is 14.7 Å². The molecule has 0 radical (unpaired) electrons. The Kier molecular flexibility index (Phi) is 6.00. The summed E-state index contributed by atoms with van der Waals surface area (Å²) in [6.07, 6.45) is 1.58. The van der Waals surface area contributed by atoms with E-state index in [0.29, 0.717) is 11.4 Å². The lowest BCUT2D eigenvalue weighted by molar-refractivity contribution is -0.145. The van der Waals surface area contributed by atoms with E-state index in [1.165, 1.54) is 16.2 Å². The van der Waals surface area contributed by atoms with Crippen LogP contribution in [0.1, 0.15) is 10.4 Å². The zero-order valence-corrected chi connectivity index (χ0v) is 15.9. The van der Waals surface area contributed by atoms with Gasteiger partial charge in [-0.2, -0.15) is 0 Å². The number of imide groups is 2. The van der Waals surface area contributed by atoms with Crippen LogP contribution in [0.2, 0.25) is 0 Å². The lowest BCUT2D eigenvalue weighted by Crippen LogP contribution is -2.43. The highest BCUT2D eigenvalue weighted by atomic mass is 32.1. The minimum absolute atomic E-state index is 0.0134. The van der Waals surface area contributed by atoms with Gasteiger partial charge in [0.25, 0.3) is 0 Å². The van der Waals surface area contributed by atoms with Gasteiger partial charge in [-0.25, -0.2) is 9.69 Å². The van der Waals surface area contributed by atoms with Gasteiger partial charge in [0.15, 0.2) is 0 Å². The first kappa shape index (κ1) is 19.5. The van der Waals surface area contributed by atoms with Crippen LogP contribution in [0.5, 0.6) is 0 Å². The molecular weight excluding hydrogens is 378 g/mol. The highest BCUT2D eigenvalue weighted by molar-refractivity contribution is 7.09. The molecule has 0 aliphatic carbocycles. The van der Waals surface area contributed by atoms with Gasteiger partial charge >= 0.3 is 17.8 Å². The Bertz CT molecular complexity index is 895. The van der Waals surface area contributed by atoms with Gasteiger partial charge < -0.3 is 4.90 Å². The van der Waals surface area contributed by atoms with E-state index in [9.17, 15) is 19.2 Å². The van der Waals surface area contributed by atoms with Crippen LogP contribution in [0.3, 0.4) is 0 Å². The Morgan fingerprint density at radius 1 is 1.04 bits per heavy atom. The number of amides is 5. The summed E-state index contributed by atoms with van der Waals surface area (Å²) < 4.78 is 0. The zero-order valence-electron chi connectivity index (χ0n) is 15.1. The number of carbonyl (C=O) groups is 4. The molecule has 0 unspecified atom stereocenters. The number of nitrogens with zero attached hydrogens (tertiary/aromatic N) is 3. The van der Waals surface area contributed by atoms with Crippen molar-refractivity contribution in [2.45, 2.75) is 13.1 Å². The second-order valence-corrected chi connectivity index (χ2v) is 7.23. The smallest absolute Gasteiger partial charge is 0.332 e. The van der Waals surface area contributed by atoms with Crippen molar-refractivity contribution in [2.75, 3.05) is 13.1 Å². The molecule has 0 saturated carbocycles. The molecule has 1 aromatic heterocycles. The highest BCUT2D eigenvalue weighted by Crippen LogP contribution is 2.17. The maximum absolute atomic E-state index is 12.7. The number of hydrogen-bond donors (Lipinski definition) is 0. The third-order valence-corrected chi connectivity index (χ3v) is 5.10. The zero-order chi connectivity index (χ0) is 20.1. The summed E-state index contributed by atoms with van der Waals surface area (Å²) in [5.74, 6) is -2.33. The third kappa shape index (κ3) is 4.17. The van der Waals surface area contributed by atoms with Gasteiger partial charge in [0.1, 0.15) is 6.54 Å². The molecule has 7 nitrogen and oxygen atoms in total. The van der Waals surface area contributed by atoms with Gasteiger partial charge in [0, 0.05) is 11.4 Å². The third-order valence-electron chi connectivity index (χ3n) is 4.24. The van der Waals surface area contributed by atoms with E-state index in [-0.39, 0.29) is 13.1 Å². The molecule has 1 fully saturated rings. The Morgan fingerprint density at radius 2 is 1.75 bits per heavy atom. The predicted octanol–water partition coefficient (Wildman–Crippen LogP) is 2.25. The molecule has 0 N–H and O–H groups in total. The summed E-state index contributed by atoms with van der Waals surface area (Å²) in [4.78, 5) is 53.8. The van der Waals surface area contributed by atoms with E-state index in [1.54, 1.807) is 30.3 Å². The van der Waals surface area contributed by atoms with Crippen LogP contribution >= 0.6 is 11.3 Å². The first-order chi connectivity index (χ1) is 13.5. The second-order valence-electron chi connectivity index (χ2n) is 6.19. The summed E-state index contributed by atoms with van der Waals surface area (Å²) in [6.45, 7) is 3.77. The average Bonchev–Trinajstić information content (AvgIpc) is 3.28. The SMILES string of the molecule is C=CCN(Cc1cccs1)C(=O)CN1C(=O)C(=O)N(Cc2ccccc2)C1=O. The Morgan fingerprint density at radius 3 is 2.39 bits per heavy atom. The minimum atomic E-state index is -0.982. The number of rotatable bonds is 8. The van der Waals surface area contributed by atoms with Crippen molar-refractivity contribution in [3.8, 4) is 0 Å². The van der Waals surface area contributed by atoms with Crippen LogP contribution in [0, 0.1) is 0 Å². The van der Waals surface area contributed by atoms with Crippen LogP contribution in [-0.2, 0) is 27.5 Å². The maximum atomic E-state index is 12.7. The van der Waals surface area contributed by atoms with Crippen LogP contribution < -0.4 is 0 Å². The molecule has 5 amide bonds. The van der Waals surface area contributed by atoms with Gasteiger partial charge in [0.2, 0.25) is 5.91 Å². The average molecular weight is 397 g/mol. The van der Waals surface area contributed by atoms with Crippen molar-refractivity contribution in [3.05, 3.63) is 70.9 Å². The largest absolute Gasteiger partial charge is 0.335 e. The molecule has 2 aromatic rings. The van der Waals surface area contributed by atoms with E-state index in [2.05, 4.69) is 6.58 Å². The van der Waals surface area contributed by atoms with Crippen LogP contribution in [0.15, 0.2) is 60.5 Å². The van der Waals surface area contributed by atoms with Crippen LogP contribution in [0.25, 0.3) is 0 Å². The van der Waals surface area contributed by atoms with Crippen LogP contribution in [-0.4, -0.2) is 51.5 Å². The predicted molar refractivity (Wildman–Crippen MR) is 104 cm³/mol. The van der Waals surface area contributed by atoms with Gasteiger partial charge in [0.05, 0.1) is 13.1 Å². The fourth-order valence-electron chi connectivity index (χ4n) is 2.83. The summed E-state index contributed by atoms with van der Waals surface area (Å²) in [5, 5.41) is 1.90. The number of urea groups is 1. The lowest BCUT2D eigenvalue weighted by Gasteiger charge is -2.23. The van der Waals surface area contributed by atoms with E-state index in [0.717, 1.165) is 15.3 Å². The second kappa shape index (κ2) is 8.62. The summed E-state index contributed by atoms with van der Waals surface area (Å²) >= 11 is 1.50. The topological polar surface area (TPSA) is 78.0 Å². The standard InChI is InChI=1S/C20H19N3O4S/c1-2-10-21(13-16-9-6-11-28-16)17(24)14-23-19(26)18(25)22(20(23)27)12-15-7-4-3-5-8-15/h2-9,11H,1,10,12-14H2. The minimum Gasteiger partial charge on any atom is -0.332 e. The molecule has 2 heterocycles. The van der Waals surface area contributed by atoms with Gasteiger partial charge in [-0.3, -0.25) is 19.3 Å². The first-order valence-electron chi connectivity index (χ1n) is 8.63. The Hall–Kier alpha value is -3.26. The molecule has 1 aliphatic heterocycles. The maximum Gasteiger partial charge on any atom is 0.335 e. The van der Waals surface area contributed by atoms with Gasteiger partial charge in [-0.05, 0) is 17.0 Å². The molecule has 8 heteroatoms. The molecule has 0 bridgehead atoms. The quantitative estimate of drug-likeness (QED) is 0.389. The molecular formula is C20H19N3O4S. The van der Waals surface area contributed by atoms with Crippen molar-refractivity contribution < 1.29 is 19.2 Å². The molecule has 144 valence electrons. The van der Waals surface area contributed by atoms with Gasteiger partial charge in [-0.1, -0.05) is 42.5 Å². The number of hydrogen-bond acceptors (Lipinski definition) is 5. The van der Waals surface area contributed by atoms with E-state index in [1.807, 2.05) is 23.6 Å². The summed E-state index contributed by atoms with van der Waals surface area (Å²) in [7, 11) is 0. The number of thiophene rings is 1. The normalized spacial score (nSPS) is 13.9. The molecule has 0 atom stereocenters. The van der Waals surface area contributed by atoms with Crippen molar-refractivity contribution in [1.29, 1.82) is 0 Å². The fraction of sp³-hybridized carbons (Fsp3) is 0.200. The lowest BCUT2D eigenvalue weighted by atomic mass is 10.2. The van der Waals surface area contributed by atoms with Gasteiger partial charge in [-0.15, -0.1) is 17.9 Å². The molecule has 1 saturated heterocycles. The first-order valence-corrected chi connectivity index (χ1v) is 9.51. The number of carbonyl (C=O) groups excluding carboxylic acids is 4. The molecule has 1 aromatic carbocycles. The van der Waals surface area contributed by atoms with Crippen LogP contribution in [0.4, 0.5) is 4.79 Å². The molecule has 0 spiro atoms. The fourth-order valence-corrected chi connectivity index (χ4v) is 3.55. The summed E-state index contributed by atoms with van der Waals surface area (Å²) in [5.41, 5.74) is 0.719. The molecule has 1 aliphatic rings. The Balaban J connectivity index is 1.70. The monoisotopic (exact) mass is 397 g/mol. The molecule has 3 rings (SSSR count). The van der Waals surface area contributed by atoms with E-state index in [4.69, 9.17) is 0 Å². The highest BCUT2D eigenvalue weighted by Gasteiger charge is 2.45. The Labute approximate surface area is 166 Å². The number of benzene rings is 1.